The molecular weight excluding hydrogens is 358 g/mol. The number of imide groups is 1. The van der Waals surface area contributed by atoms with Crippen molar-refractivity contribution < 1.29 is 28.6 Å². The van der Waals surface area contributed by atoms with E-state index in [4.69, 9.17) is 14.2 Å². The van der Waals surface area contributed by atoms with E-state index in [1.54, 1.807) is 35.7 Å². The molecule has 0 saturated carbocycles. The number of rotatable bonds is 7. The fourth-order valence-electron chi connectivity index (χ4n) is 1.94. The summed E-state index contributed by atoms with van der Waals surface area (Å²) in [6, 6.07) is 8.40. The topological polar surface area (TPSA) is 90.9 Å². The van der Waals surface area contributed by atoms with Crippen molar-refractivity contribution in [3.63, 3.8) is 0 Å². The number of thiophene rings is 1. The quantitative estimate of drug-likeness (QED) is 0.590. The van der Waals surface area contributed by atoms with Gasteiger partial charge in [0.05, 0.1) is 19.1 Å². The van der Waals surface area contributed by atoms with Gasteiger partial charge in [0, 0.05) is 11.6 Å². The van der Waals surface area contributed by atoms with E-state index < -0.39 is 24.4 Å². The van der Waals surface area contributed by atoms with Gasteiger partial charge in [0.25, 0.3) is 11.8 Å². The largest absolute Gasteiger partial charge is 0.497 e. The summed E-state index contributed by atoms with van der Waals surface area (Å²) in [6.07, 6.45) is 2.64. The Kier molecular flexibility index (Phi) is 6.92. The summed E-state index contributed by atoms with van der Waals surface area (Å²) in [5.41, 5.74) is 0.612. The lowest BCUT2D eigenvalue weighted by molar-refractivity contribution is -0.143. The molecule has 0 aliphatic heterocycles. The number of methoxy groups -OCH3 is 2. The van der Waals surface area contributed by atoms with Crippen LogP contribution in [0.2, 0.25) is 0 Å². The van der Waals surface area contributed by atoms with Crippen LogP contribution < -0.4 is 14.8 Å². The van der Waals surface area contributed by atoms with Crippen LogP contribution in [0.5, 0.6) is 11.5 Å². The summed E-state index contributed by atoms with van der Waals surface area (Å²) in [5, 5.41) is 3.86. The molecule has 1 aromatic heterocycles. The Hall–Kier alpha value is -3.13. The van der Waals surface area contributed by atoms with Gasteiger partial charge in [0.1, 0.15) is 11.5 Å². The van der Waals surface area contributed by atoms with E-state index in [-0.39, 0.29) is 0 Å². The standard InChI is InChI=1S/C18H17NO6S/c1-23-13-6-7-14(24-2)12(10-13)5-8-17(21)25-11-16(20)19-18(22)15-4-3-9-26-15/h3-10H,11H2,1-2H3,(H,19,20,22)/b8-5+. The molecule has 0 aliphatic carbocycles. The Labute approximate surface area is 154 Å². The third kappa shape index (κ3) is 5.45. The minimum absolute atomic E-state index is 0.398. The van der Waals surface area contributed by atoms with Crippen molar-refractivity contribution in [2.24, 2.45) is 0 Å². The highest BCUT2D eigenvalue weighted by Crippen LogP contribution is 2.25. The average molecular weight is 375 g/mol. The van der Waals surface area contributed by atoms with E-state index in [1.165, 1.54) is 31.6 Å². The highest BCUT2D eigenvalue weighted by atomic mass is 32.1. The molecule has 8 heteroatoms. The number of hydrogen-bond donors (Lipinski definition) is 1. The molecule has 0 bridgehead atoms. The Bertz CT molecular complexity index is 813. The predicted octanol–water partition coefficient (Wildman–Crippen LogP) is 2.28. The lowest BCUT2D eigenvalue weighted by Gasteiger charge is -2.07. The smallest absolute Gasteiger partial charge is 0.331 e. The molecule has 2 aromatic rings. The number of carbonyl (C=O) groups is 3. The first-order valence-corrected chi connectivity index (χ1v) is 8.36. The van der Waals surface area contributed by atoms with Gasteiger partial charge in [-0.2, -0.15) is 0 Å². The summed E-state index contributed by atoms with van der Waals surface area (Å²) in [6.45, 7) is -0.560. The van der Waals surface area contributed by atoms with Crippen molar-refractivity contribution >= 4 is 35.2 Å². The van der Waals surface area contributed by atoms with Crippen LogP contribution in [0.15, 0.2) is 41.8 Å². The first-order valence-electron chi connectivity index (χ1n) is 7.48. The van der Waals surface area contributed by atoms with Crippen molar-refractivity contribution in [2.75, 3.05) is 20.8 Å². The molecule has 0 aliphatic rings. The zero-order valence-corrected chi connectivity index (χ0v) is 15.0. The molecular formula is C18H17NO6S. The van der Waals surface area contributed by atoms with E-state index in [0.717, 1.165) is 6.08 Å². The molecule has 0 atom stereocenters. The molecule has 7 nitrogen and oxygen atoms in total. The van der Waals surface area contributed by atoms with Gasteiger partial charge >= 0.3 is 5.97 Å². The molecule has 26 heavy (non-hydrogen) atoms. The summed E-state index contributed by atoms with van der Waals surface area (Å²) in [7, 11) is 3.03. The molecule has 0 fully saturated rings. The number of carbonyl (C=O) groups excluding carboxylic acids is 3. The molecule has 1 aromatic carbocycles. The number of amides is 2. The van der Waals surface area contributed by atoms with Crippen LogP contribution >= 0.6 is 11.3 Å². The maximum absolute atomic E-state index is 11.7. The summed E-state index contributed by atoms with van der Waals surface area (Å²) >= 11 is 1.20. The minimum Gasteiger partial charge on any atom is -0.497 e. The van der Waals surface area contributed by atoms with Crippen molar-refractivity contribution in [3.8, 4) is 11.5 Å². The van der Waals surface area contributed by atoms with Crippen molar-refractivity contribution in [1.82, 2.24) is 5.32 Å². The Morgan fingerprint density at radius 3 is 2.62 bits per heavy atom. The Morgan fingerprint density at radius 2 is 1.96 bits per heavy atom. The maximum Gasteiger partial charge on any atom is 0.331 e. The number of esters is 1. The van der Waals surface area contributed by atoms with Gasteiger partial charge < -0.3 is 14.2 Å². The van der Waals surface area contributed by atoms with Crippen LogP contribution in [0.1, 0.15) is 15.2 Å². The number of benzene rings is 1. The summed E-state index contributed by atoms with van der Waals surface area (Å²) in [4.78, 5) is 35.5. The molecule has 0 saturated heterocycles. The van der Waals surface area contributed by atoms with Gasteiger partial charge in [-0.3, -0.25) is 14.9 Å². The molecule has 0 unspecified atom stereocenters. The Morgan fingerprint density at radius 1 is 1.15 bits per heavy atom. The van der Waals surface area contributed by atoms with Crippen LogP contribution in [0.4, 0.5) is 0 Å². The first kappa shape index (κ1) is 19.2. The van der Waals surface area contributed by atoms with E-state index in [1.807, 2.05) is 0 Å². The van der Waals surface area contributed by atoms with Gasteiger partial charge in [-0.05, 0) is 35.7 Å². The van der Waals surface area contributed by atoms with Crippen LogP contribution in [-0.2, 0) is 14.3 Å². The third-order valence-corrected chi connectivity index (χ3v) is 4.05. The molecule has 0 radical (unpaired) electrons. The molecule has 1 heterocycles. The highest BCUT2D eigenvalue weighted by Gasteiger charge is 2.12. The number of ether oxygens (including phenoxy) is 3. The third-order valence-electron chi connectivity index (χ3n) is 3.18. The molecule has 2 rings (SSSR count). The second kappa shape index (κ2) is 9.38. The lowest BCUT2D eigenvalue weighted by atomic mass is 10.1. The second-order valence-corrected chi connectivity index (χ2v) is 5.85. The van der Waals surface area contributed by atoms with Gasteiger partial charge in [0.15, 0.2) is 6.61 Å². The van der Waals surface area contributed by atoms with Gasteiger partial charge in [-0.25, -0.2) is 4.79 Å². The Balaban J connectivity index is 1.87. The second-order valence-electron chi connectivity index (χ2n) is 4.90. The van der Waals surface area contributed by atoms with Crippen LogP contribution in [-0.4, -0.2) is 38.6 Å². The fraction of sp³-hybridized carbons (Fsp3) is 0.167. The van der Waals surface area contributed by atoms with Crippen molar-refractivity contribution in [1.29, 1.82) is 0 Å². The van der Waals surface area contributed by atoms with E-state index in [2.05, 4.69) is 5.32 Å². The fourth-order valence-corrected chi connectivity index (χ4v) is 2.56. The normalized spacial score (nSPS) is 10.4. The molecule has 2 amide bonds. The monoisotopic (exact) mass is 375 g/mol. The van der Waals surface area contributed by atoms with Gasteiger partial charge in [0.2, 0.25) is 0 Å². The zero-order valence-electron chi connectivity index (χ0n) is 14.2. The maximum atomic E-state index is 11.7. The molecule has 136 valence electrons. The van der Waals surface area contributed by atoms with Gasteiger partial charge in [-0.15, -0.1) is 11.3 Å². The minimum atomic E-state index is -0.728. The first-order chi connectivity index (χ1) is 12.5. The zero-order chi connectivity index (χ0) is 18.9. The van der Waals surface area contributed by atoms with Gasteiger partial charge in [-0.1, -0.05) is 6.07 Å². The van der Waals surface area contributed by atoms with Crippen LogP contribution in [0, 0.1) is 0 Å². The van der Waals surface area contributed by atoms with E-state index in [0.29, 0.717) is 21.9 Å². The predicted molar refractivity (Wildman–Crippen MR) is 96.3 cm³/mol. The average Bonchev–Trinajstić information content (AvgIpc) is 3.19. The van der Waals surface area contributed by atoms with E-state index >= 15 is 0 Å². The summed E-state index contributed by atoms with van der Waals surface area (Å²) in [5.74, 6) is -0.810. The van der Waals surface area contributed by atoms with Crippen molar-refractivity contribution in [2.45, 2.75) is 0 Å². The highest BCUT2D eigenvalue weighted by molar-refractivity contribution is 7.12. The summed E-state index contributed by atoms with van der Waals surface area (Å²) < 4.78 is 15.1. The number of hydrogen-bond acceptors (Lipinski definition) is 7. The van der Waals surface area contributed by atoms with Crippen LogP contribution in [0.25, 0.3) is 6.08 Å². The van der Waals surface area contributed by atoms with Crippen molar-refractivity contribution in [3.05, 3.63) is 52.2 Å². The van der Waals surface area contributed by atoms with Crippen LogP contribution in [0.3, 0.4) is 0 Å². The lowest BCUT2D eigenvalue weighted by Crippen LogP contribution is -2.33. The number of nitrogens with one attached hydrogen (secondary N) is 1. The molecule has 0 spiro atoms. The van der Waals surface area contributed by atoms with E-state index in [9.17, 15) is 14.4 Å². The molecule has 1 N–H and O–H groups in total. The SMILES string of the molecule is COc1ccc(OC)c(/C=C/C(=O)OCC(=O)NC(=O)c2cccs2)c1.